The van der Waals surface area contributed by atoms with Gasteiger partial charge >= 0.3 is 0 Å². The fourth-order valence-electron chi connectivity index (χ4n) is 2.16. The molecular weight excluding hydrogens is 307 g/mol. The van der Waals surface area contributed by atoms with Crippen molar-refractivity contribution in [2.45, 2.75) is 6.92 Å². The Hall–Kier alpha value is -3.21. The first-order valence-electron chi connectivity index (χ1n) is 7.38. The molecule has 5 heteroatoms. The zero-order chi connectivity index (χ0) is 16.9. The second-order valence-electron chi connectivity index (χ2n) is 5.20. The molecule has 0 aliphatic carbocycles. The number of aromatic nitrogens is 1. The summed E-state index contributed by atoms with van der Waals surface area (Å²) in [6, 6.07) is 16.4. The molecule has 0 unspecified atom stereocenters. The molecule has 0 spiro atoms. The zero-order valence-corrected chi connectivity index (χ0v) is 13.0. The number of pyridine rings is 1. The van der Waals surface area contributed by atoms with E-state index in [4.69, 9.17) is 4.74 Å². The Morgan fingerprint density at radius 1 is 1.04 bits per heavy atom. The van der Waals surface area contributed by atoms with Crippen LogP contribution in [0.4, 0.5) is 10.1 Å². The van der Waals surface area contributed by atoms with Gasteiger partial charge in [-0.25, -0.2) is 4.39 Å². The van der Waals surface area contributed by atoms with Crippen LogP contribution in [0.15, 0.2) is 66.9 Å². The Morgan fingerprint density at radius 2 is 1.79 bits per heavy atom. The highest BCUT2D eigenvalue weighted by Crippen LogP contribution is 2.26. The number of halogens is 1. The molecule has 0 aliphatic rings. The van der Waals surface area contributed by atoms with Gasteiger partial charge in [0.25, 0.3) is 5.91 Å². The summed E-state index contributed by atoms with van der Waals surface area (Å²) in [5.74, 6) is -0.0192. The second-order valence-corrected chi connectivity index (χ2v) is 5.20. The van der Waals surface area contributed by atoms with E-state index in [9.17, 15) is 9.18 Å². The maximum Gasteiger partial charge on any atom is 0.255 e. The molecule has 1 aromatic heterocycles. The van der Waals surface area contributed by atoms with Crippen molar-refractivity contribution in [1.29, 1.82) is 0 Å². The third-order valence-electron chi connectivity index (χ3n) is 3.33. The van der Waals surface area contributed by atoms with Gasteiger partial charge < -0.3 is 10.1 Å². The van der Waals surface area contributed by atoms with E-state index in [0.717, 1.165) is 5.69 Å². The smallest absolute Gasteiger partial charge is 0.255 e. The van der Waals surface area contributed by atoms with Gasteiger partial charge in [0, 0.05) is 29.6 Å². The van der Waals surface area contributed by atoms with Gasteiger partial charge in [0.1, 0.15) is 17.3 Å². The van der Waals surface area contributed by atoms with Crippen molar-refractivity contribution in [2.75, 3.05) is 5.32 Å². The van der Waals surface area contributed by atoms with Crippen LogP contribution in [0.2, 0.25) is 0 Å². The third-order valence-corrected chi connectivity index (χ3v) is 3.33. The van der Waals surface area contributed by atoms with Crippen molar-refractivity contribution in [3.8, 4) is 11.5 Å². The van der Waals surface area contributed by atoms with Crippen LogP contribution in [0.5, 0.6) is 11.5 Å². The maximum atomic E-state index is 14.2. The van der Waals surface area contributed by atoms with Gasteiger partial charge in [0.05, 0.1) is 5.69 Å². The van der Waals surface area contributed by atoms with E-state index in [2.05, 4.69) is 10.3 Å². The van der Waals surface area contributed by atoms with Crippen LogP contribution in [0, 0.1) is 12.7 Å². The molecule has 1 N–H and O–H groups in total. The van der Waals surface area contributed by atoms with E-state index in [1.807, 2.05) is 13.0 Å². The van der Waals surface area contributed by atoms with Crippen LogP contribution in [0.3, 0.4) is 0 Å². The summed E-state index contributed by atoms with van der Waals surface area (Å²) in [7, 11) is 0. The number of carbonyl (C=O) groups is 1. The average Bonchev–Trinajstić information content (AvgIpc) is 2.58. The lowest BCUT2D eigenvalue weighted by Crippen LogP contribution is -2.12. The SMILES string of the molecule is Cc1cc(Oc2ccc(NC(=O)c3ccccc3)c(F)c2)ccn1. The standard InChI is InChI=1S/C19H15FN2O2/c1-13-11-16(9-10-21-13)24-15-7-8-18(17(20)12-15)22-19(23)14-5-3-2-4-6-14/h2-12H,1H3,(H,22,23). The van der Waals surface area contributed by atoms with Crippen LogP contribution in [-0.4, -0.2) is 10.9 Å². The molecule has 4 nitrogen and oxygen atoms in total. The molecule has 1 heterocycles. The van der Waals surface area contributed by atoms with Gasteiger partial charge in [-0.2, -0.15) is 0 Å². The Kier molecular flexibility index (Phi) is 4.52. The fraction of sp³-hybridized carbons (Fsp3) is 0.0526. The largest absolute Gasteiger partial charge is 0.457 e. The summed E-state index contributed by atoms with van der Waals surface area (Å²) in [6.07, 6.45) is 1.62. The Morgan fingerprint density at radius 3 is 2.50 bits per heavy atom. The first kappa shape index (κ1) is 15.7. The van der Waals surface area contributed by atoms with Gasteiger partial charge in [-0.15, -0.1) is 0 Å². The van der Waals surface area contributed by atoms with Crippen LogP contribution in [0.1, 0.15) is 16.1 Å². The number of hydrogen-bond acceptors (Lipinski definition) is 3. The molecule has 0 atom stereocenters. The molecule has 120 valence electrons. The molecule has 3 aromatic rings. The highest BCUT2D eigenvalue weighted by Gasteiger charge is 2.10. The van der Waals surface area contributed by atoms with Crippen LogP contribution in [0.25, 0.3) is 0 Å². The highest BCUT2D eigenvalue weighted by molar-refractivity contribution is 6.04. The highest BCUT2D eigenvalue weighted by atomic mass is 19.1. The van der Waals surface area contributed by atoms with E-state index in [1.54, 1.807) is 48.7 Å². The van der Waals surface area contributed by atoms with Crippen molar-refractivity contribution in [3.05, 3.63) is 83.9 Å². The van der Waals surface area contributed by atoms with Gasteiger partial charge in [0.2, 0.25) is 0 Å². The second kappa shape index (κ2) is 6.91. The zero-order valence-electron chi connectivity index (χ0n) is 13.0. The summed E-state index contributed by atoms with van der Waals surface area (Å²) in [4.78, 5) is 16.1. The normalized spacial score (nSPS) is 10.2. The minimum Gasteiger partial charge on any atom is -0.457 e. The molecular formula is C19H15FN2O2. The quantitative estimate of drug-likeness (QED) is 0.765. The molecule has 0 saturated carbocycles. The predicted octanol–water partition coefficient (Wildman–Crippen LogP) is 4.57. The summed E-state index contributed by atoms with van der Waals surface area (Å²) >= 11 is 0. The number of benzene rings is 2. The third kappa shape index (κ3) is 3.76. The van der Waals surface area contributed by atoms with Crippen molar-refractivity contribution in [2.24, 2.45) is 0 Å². The number of amides is 1. The number of nitrogens with zero attached hydrogens (tertiary/aromatic N) is 1. The molecule has 2 aromatic carbocycles. The van der Waals surface area contributed by atoms with Crippen molar-refractivity contribution in [1.82, 2.24) is 4.98 Å². The Balaban J connectivity index is 1.74. The lowest BCUT2D eigenvalue weighted by molar-refractivity contribution is 0.102. The molecule has 0 bridgehead atoms. The van der Waals surface area contributed by atoms with E-state index in [0.29, 0.717) is 17.1 Å². The van der Waals surface area contributed by atoms with Gasteiger partial charge in [-0.1, -0.05) is 18.2 Å². The molecule has 0 saturated heterocycles. The van der Waals surface area contributed by atoms with Crippen molar-refractivity contribution < 1.29 is 13.9 Å². The lowest BCUT2D eigenvalue weighted by Gasteiger charge is -2.10. The minimum atomic E-state index is -0.567. The molecule has 1 amide bonds. The molecule has 0 fully saturated rings. The van der Waals surface area contributed by atoms with Crippen LogP contribution in [-0.2, 0) is 0 Å². The Bertz CT molecular complexity index is 866. The number of anilines is 1. The first-order valence-corrected chi connectivity index (χ1v) is 7.38. The fourth-order valence-corrected chi connectivity index (χ4v) is 2.16. The van der Waals surface area contributed by atoms with E-state index < -0.39 is 5.82 Å². The first-order chi connectivity index (χ1) is 11.6. The van der Waals surface area contributed by atoms with E-state index in [1.165, 1.54) is 12.1 Å². The van der Waals surface area contributed by atoms with Crippen LogP contribution < -0.4 is 10.1 Å². The van der Waals surface area contributed by atoms with Crippen molar-refractivity contribution >= 4 is 11.6 Å². The number of nitrogens with one attached hydrogen (secondary N) is 1. The number of aryl methyl sites for hydroxylation is 1. The summed E-state index contributed by atoms with van der Waals surface area (Å²) in [5, 5.41) is 2.55. The molecule has 24 heavy (non-hydrogen) atoms. The minimum absolute atomic E-state index is 0.0992. The van der Waals surface area contributed by atoms with E-state index >= 15 is 0 Å². The lowest BCUT2D eigenvalue weighted by atomic mass is 10.2. The number of ether oxygens (including phenoxy) is 1. The maximum absolute atomic E-state index is 14.2. The van der Waals surface area contributed by atoms with Gasteiger partial charge in [-0.05, 0) is 37.3 Å². The molecule has 0 radical (unpaired) electrons. The number of carbonyl (C=O) groups excluding carboxylic acids is 1. The average molecular weight is 322 g/mol. The van der Waals surface area contributed by atoms with Crippen LogP contribution >= 0.6 is 0 Å². The summed E-state index contributed by atoms with van der Waals surface area (Å²) in [6.45, 7) is 1.84. The van der Waals surface area contributed by atoms with Crippen molar-refractivity contribution in [3.63, 3.8) is 0 Å². The molecule has 3 rings (SSSR count). The topological polar surface area (TPSA) is 51.2 Å². The Labute approximate surface area is 138 Å². The van der Waals surface area contributed by atoms with E-state index in [-0.39, 0.29) is 11.6 Å². The van der Waals surface area contributed by atoms with Gasteiger partial charge in [0.15, 0.2) is 0 Å². The monoisotopic (exact) mass is 322 g/mol. The van der Waals surface area contributed by atoms with Gasteiger partial charge in [-0.3, -0.25) is 9.78 Å². The number of rotatable bonds is 4. The summed E-state index contributed by atoms with van der Waals surface area (Å²) in [5.41, 5.74) is 1.37. The number of hydrogen-bond donors (Lipinski definition) is 1. The predicted molar refractivity (Wildman–Crippen MR) is 89.8 cm³/mol. The molecule has 0 aliphatic heterocycles. The summed E-state index contributed by atoms with van der Waals surface area (Å²) < 4.78 is 19.8.